The van der Waals surface area contributed by atoms with Gasteiger partial charge in [-0.2, -0.15) is 0 Å². The molecule has 29 heavy (non-hydrogen) atoms. The quantitative estimate of drug-likeness (QED) is 0.704. The average Bonchev–Trinajstić information content (AvgIpc) is 3.01. The second kappa shape index (κ2) is 10.7. The molecule has 0 unspecified atom stereocenters. The number of hydrogen-bond acceptors (Lipinski definition) is 4. The van der Waals surface area contributed by atoms with Crippen LogP contribution in [0.3, 0.4) is 0 Å². The van der Waals surface area contributed by atoms with E-state index >= 15 is 0 Å². The predicted octanol–water partition coefficient (Wildman–Crippen LogP) is 4.82. The lowest BCUT2D eigenvalue weighted by Crippen LogP contribution is -2.28. The Balaban J connectivity index is 1.50. The van der Waals surface area contributed by atoms with E-state index in [-0.39, 0.29) is 6.03 Å². The smallest absolute Gasteiger partial charge is 0.319 e. The zero-order chi connectivity index (χ0) is 20.5. The van der Waals surface area contributed by atoms with Crippen LogP contribution in [0.15, 0.2) is 42.6 Å². The van der Waals surface area contributed by atoms with Crippen molar-refractivity contribution in [3.63, 3.8) is 0 Å². The summed E-state index contributed by atoms with van der Waals surface area (Å²) in [5.74, 6) is 2.12. The first-order valence-electron chi connectivity index (χ1n) is 10.6. The molecule has 0 spiro atoms. The average molecular weight is 397 g/mol. The van der Waals surface area contributed by atoms with E-state index in [2.05, 4.69) is 40.4 Å². The third kappa shape index (κ3) is 6.66. The van der Waals surface area contributed by atoms with Gasteiger partial charge in [-0.1, -0.05) is 44.9 Å². The minimum Gasteiger partial charge on any atom is -0.491 e. The zero-order valence-corrected chi connectivity index (χ0v) is 17.5. The normalized spacial score (nSPS) is 14.4. The van der Waals surface area contributed by atoms with Crippen molar-refractivity contribution in [2.45, 2.75) is 46.1 Å². The molecule has 156 valence electrons. The van der Waals surface area contributed by atoms with E-state index in [4.69, 9.17) is 4.74 Å². The minimum atomic E-state index is -0.262. The highest BCUT2D eigenvalue weighted by molar-refractivity contribution is 5.90. The number of nitrogens with one attached hydrogen (secondary N) is 2. The lowest BCUT2D eigenvalue weighted by molar-refractivity contribution is 0.251. The Hall–Kier alpha value is -2.76. The van der Waals surface area contributed by atoms with Gasteiger partial charge in [0.25, 0.3) is 0 Å². The number of nitrogens with zero attached hydrogens (tertiary/aromatic N) is 2. The van der Waals surface area contributed by atoms with Crippen LogP contribution in [0.25, 0.3) is 0 Å². The number of para-hydroxylation sites is 2. The van der Waals surface area contributed by atoms with Crippen molar-refractivity contribution in [2.24, 2.45) is 5.92 Å². The number of hydrogen-bond donors (Lipinski definition) is 2. The fourth-order valence-corrected chi connectivity index (χ4v) is 3.31. The molecule has 1 aromatic heterocycles. The van der Waals surface area contributed by atoms with E-state index < -0.39 is 0 Å². The first kappa shape index (κ1) is 21.0. The second-order valence-electron chi connectivity index (χ2n) is 7.93. The third-order valence-electron chi connectivity index (χ3n) is 4.90. The summed E-state index contributed by atoms with van der Waals surface area (Å²) in [6.45, 7) is 7.36. The van der Waals surface area contributed by atoms with Crippen LogP contribution in [0.1, 0.15) is 45.1 Å². The van der Waals surface area contributed by atoms with E-state index in [1.165, 1.54) is 25.7 Å². The molecule has 0 bridgehead atoms. The molecule has 1 aromatic carbocycles. The molecule has 2 aromatic rings. The van der Waals surface area contributed by atoms with Crippen LogP contribution in [-0.4, -0.2) is 30.7 Å². The van der Waals surface area contributed by atoms with Gasteiger partial charge in [0, 0.05) is 25.8 Å². The molecule has 6 nitrogen and oxygen atoms in total. The molecule has 2 heterocycles. The Morgan fingerprint density at radius 3 is 2.55 bits per heavy atom. The van der Waals surface area contributed by atoms with Gasteiger partial charge >= 0.3 is 6.03 Å². The number of aromatic nitrogens is 1. The van der Waals surface area contributed by atoms with Crippen LogP contribution < -0.4 is 20.3 Å². The van der Waals surface area contributed by atoms with Crippen molar-refractivity contribution in [3.8, 4) is 5.75 Å². The van der Waals surface area contributed by atoms with E-state index in [1.54, 1.807) is 0 Å². The van der Waals surface area contributed by atoms with Crippen molar-refractivity contribution < 1.29 is 9.53 Å². The lowest BCUT2D eigenvalue weighted by Gasteiger charge is -2.21. The Morgan fingerprint density at radius 2 is 1.86 bits per heavy atom. The van der Waals surface area contributed by atoms with Gasteiger partial charge in [0.2, 0.25) is 0 Å². The fourth-order valence-electron chi connectivity index (χ4n) is 3.31. The van der Waals surface area contributed by atoms with Crippen molar-refractivity contribution >= 4 is 17.5 Å². The molecule has 0 saturated carbocycles. The van der Waals surface area contributed by atoms with Crippen LogP contribution in [0.5, 0.6) is 5.75 Å². The van der Waals surface area contributed by atoms with Crippen molar-refractivity contribution in [3.05, 3.63) is 48.2 Å². The highest BCUT2D eigenvalue weighted by atomic mass is 16.5. The Labute approximate surface area is 173 Å². The monoisotopic (exact) mass is 396 g/mol. The second-order valence-corrected chi connectivity index (χ2v) is 7.93. The number of carbonyl (C=O) groups excluding carboxylic acids is 1. The summed E-state index contributed by atoms with van der Waals surface area (Å²) in [6, 6.07) is 11.3. The number of carbonyl (C=O) groups is 1. The van der Waals surface area contributed by atoms with E-state index in [9.17, 15) is 4.79 Å². The Kier molecular flexibility index (Phi) is 7.73. The first-order valence-corrected chi connectivity index (χ1v) is 10.6. The molecule has 3 rings (SSSR count). The van der Waals surface area contributed by atoms with Gasteiger partial charge in [-0.15, -0.1) is 0 Å². The lowest BCUT2D eigenvalue weighted by atomic mass is 10.2. The number of pyridine rings is 1. The van der Waals surface area contributed by atoms with Gasteiger partial charge < -0.3 is 20.3 Å². The molecule has 1 aliphatic heterocycles. The molecule has 0 aliphatic carbocycles. The fraction of sp³-hybridized carbons (Fsp3) is 0.478. The first-order chi connectivity index (χ1) is 14.1. The summed E-state index contributed by atoms with van der Waals surface area (Å²) in [5, 5.41) is 5.76. The minimum absolute atomic E-state index is 0.262. The summed E-state index contributed by atoms with van der Waals surface area (Å²) < 4.78 is 5.78. The molecule has 0 radical (unpaired) electrons. The summed E-state index contributed by atoms with van der Waals surface area (Å²) >= 11 is 0. The maximum absolute atomic E-state index is 12.3. The topological polar surface area (TPSA) is 66.5 Å². The van der Waals surface area contributed by atoms with Gasteiger partial charge in [-0.25, -0.2) is 9.78 Å². The summed E-state index contributed by atoms with van der Waals surface area (Å²) in [7, 11) is 0. The van der Waals surface area contributed by atoms with E-state index in [1.807, 2.05) is 36.5 Å². The Morgan fingerprint density at radius 1 is 1.10 bits per heavy atom. The summed E-state index contributed by atoms with van der Waals surface area (Å²) in [5.41, 5.74) is 1.64. The number of anilines is 2. The van der Waals surface area contributed by atoms with E-state index in [0.29, 0.717) is 30.5 Å². The maximum atomic E-state index is 12.3. The largest absolute Gasteiger partial charge is 0.491 e. The van der Waals surface area contributed by atoms with Crippen LogP contribution in [0.2, 0.25) is 0 Å². The Bertz CT molecular complexity index is 769. The number of benzene rings is 1. The highest BCUT2D eigenvalue weighted by Gasteiger charge is 2.11. The van der Waals surface area contributed by atoms with Crippen molar-refractivity contribution in [2.75, 3.05) is 29.9 Å². The van der Waals surface area contributed by atoms with Crippen LogP contribution >= 0.6 is 0 Å². The van der Waals surface area contributed by atoms with Gasteiger partial charge in [-0.05, 0) is 42.5 Å². The van der Waals surface area contributed by atoms with Gasteiger partial charge in [0.1, 0.15) is 11.6 Å². The highest BCUT2D eigenvalue weighted by Crippen LogP contribution is 2.24. The van der Waals surface area contributed by atoms with Crippen molar-refractivity contribution in [1.82, 2.24) is 10.3 Å². The van der Waals surface area contributed by atoms with Crippen LogP contribution in [0.4, 0.5) is 16.3 Å². The van der Waals surface area contributed by atoms with E-state index in [0.717, 1.165) is 24.5 Å². The number of urea groups is 1. The van der Waals surface area contributed by atoms with Gasteiger partial charge in [0.15, 0.2) is 0 Å². The molecule has 1 saturated heterocycles. The molecule has 1 fully saturated rings. The van der Waals surface area contributed by atoms with Gasteiger partial charge in [-0.3, -0.25) is 0 Å². The SMILES string of the molecule is CC(C)COc1ccccc1NC(=O)NCc1ccc(N2CCCCCC2)nc1. The predicted molar refractivity (Wildman–Crippen MR) is 118 cm³/mol. The van der Waals surface area contributed by atoms with Crippen molar-refractivity contribution in [1.29, 1.82) is 0 Å². The summed E-state index contributed by atoms with van der Waals surface area (Å²) in [4.78, 5) is 19.3. The molecular weight excluding hydrogens is 364 g/mol. The van der Waals surface area contributed by atoms with Crippen LogP contribution in [0, 0.1) is 5.92 Å². The molecule has 0 atom stereocenters. The number of amides is 2. The number of rotatable bonds is 7. The maximum Gasteiger partial charge on any atom is 0.319 e. The number of ether oxygens (including phenoxy) is 1. The standard InChI is InChI=1S/C23H32N4O2/c1-18(2)17-29-21-10-6-5-9-20(21)26-23(28)25-16-19-11-12-22(24-15-19)27-13-7-3-4-8-14-27/h5-6,9-12,15,18H,3-4,7-8,13-14,16-17H2,1-2H3,(H2,25,26,28). The molecule has 1 aliphatic rings. The molecule has 2 amide bonds. The van der Waals surface area contributed by atoms with Crippen LogP contribution in [-0.2, 0) is 6.54 Å². The zero-order valence-electron chi connectivity index (χ0n) is 17.5. The summed E-state index contributed by atoms with van der Waals surface area (Å²) in [6.07, 6.45) is 6.92. The molecule has 6 heteroatoms. The third-order valence-corrected chi connectivity index (χ3v) is 4.90. The molecule has 2 N–H and O–H groups in total. The molecular formula is C23H32N4O2. The van der Waals surface area contributed by atoms with Gasteiger partial charge in [0.05, 0.1) is 12.3 Å².